The van der Waals surface area contributed by atoms with Gasteiger partial charge in [-0.05, 0) is 41.7 Å². The van der Waals surface area contributed by atoms with Gasteiger partial charge < -0.3 is 0 Å². The van der Waals surface area contributed by atoms with E-state index in [4.69, 9.17) is 0 Å². The third-order valence-corrected chi connectivity index (χ3v) is 2.92. The molecule has 1 heteroatoms. The molecule has 0 aliphatic heterocycles. The van der Waals surface area contributed by atoms with E-state index in [-0.39, 0.29) is 0 Å². The molecule has 0 aliphatic carbocycles. The number of aryl methyl sites for hydroxylation is 1. The first kappa shape index (κ1) is 11.6. The van der Waals surface area contributed by atoms with E-state index < -0.39 is 0 Å². The number of aromatic nitrogens is 1. The lowest BCUT2D eigenvalue weighted by Gasteiger charge is -2.05. The minimum absolute atomic E-state index is 1.02. The molecule has 0 radical (unpaired) electrons. The van der Waals surface area contributed by atoms with Gasteiger partial charge in [0.05, 0.1) is 0 Å². The molecule has 0 saturated heterocycles. The molecule has 0 spiro atoms. The summed E-state index contributed by atoms with van der Waals surface area (Å²) in [5, 5.41) is 0. The van der Waals surface area contributed by atoms with Gasteiger partial charge in [-0.3, -0.25) is 4.98 Å². The highest BCUT2D eigenvalue weighted by Crippen LogP contribution is 2.19. The van der Waals surface area contributed by atoms with Crippen molar-refractivity contribution in [2.75, 3.05) is 0 Å². The summed E-state index contributed by atoms with van der Waals surface area (Å²) >= 11 is 0. The lowest BCUT2D eigenvalue weighted by molar-refractivity contribution is 1.10. The highest BCUT2D eigenvalue weighted by Gasteiger charge is 1.99. The van der Waals surface area contributed by atoms with Crippen molar-refractivity contribution in [3.8, 4) is 0 Å². The standard InChI is InChI=1S/C16H17N/c1-3-14-12-17-10-9-16(14)11-13(2)15-7-5-4-6-8-15/h4-12H,3H2,1-2H3/b13-11+. The summed E-state index contributed by atoms with van der Waals surface area (Å²) in [7, 11) is 0. The Morgan fingerprint density at radius 1 is 1.18 bits per heavy atom. The zero-order valence-electron chi connectivity index (χ0n) is 10.4. The fraction of sp³-hybridized carbons (Fsp3) is 0.188. The highest BCUT2D eigenvalue weighted by atomic mass is 14.6. The van der Waals surface area contributed by atoms with Crippen molar-refractivity contribution < 1.29 is 0 Å². The van der Waals surface area contributed by atoms with Crippen LogP contribution in [-0.2, 0) is 6.42 Å². The van der Waals surface area contributed by atoms with E-state index in [1.807, 2.05) is 18.5 Å². The van der Waals surface area contributed by atoms with Crippen molar-refractivity contribution in [3.63, 3.8) is 0 Å². The van der Waals surface area contributed by atoms with Gasteiger partial charge in [-0.1, -0.05) is 43.3 Å². The van der Waals surface area contributed by atoms with Crippen LogP contribution in [0.15, 0.2) is 48.8 Å². The molecule has 2 aromatic rings. The normalized spacial score (nSPS) is 11.5. The van der Waals surface area contributed by atoms with Gasteiger partial charge in [0.25, 0.3) is 0 Å². The van der Waals surface area contributed by atoms with Crippen molar-refractivity contribution in [2.24, 2.45) is 0 Å². The summed E-state index contributed by atoms with van der Waals surface area (Å²) < 4.78 is 0. The van der Waals surface area contributed by atoms with Crippen molar-refractivity contribution in [1.29, 1.82) is 0 Å². The predicted molar refractivity (Wildman–Crippen MR) is 73.6 cm³/mol. The molecule has 1 aromatic heterocycles. The Bertz CT molecular complexity index is 512. The van der Waals surface area contributed by atoms with Gasteiger partial charge in [-0.25, -0.2) is 0 Å². The summed E-state index contributed by atoms with van der Waals surface area (Å²) in [5.41, 5.74) is 5.12. The van der Waals surface area contributed by atoms with E-state index in [9.17, 15) is 0 Å². The van der Waals surface area contributed by atoms with E-state index in [1.165, 1.54) is 22.3 Å². The van der Waals surface area contributed by atoms with Crippen LogP contribution in [0.2, 0.25) is 0 Å². The van der Waals surface area contributed by atoms with E-state index >= 15 is 0 Å². The molecule has 17 heavy (non-hydrogen) atoms. The third-order valence-electron chi connectivity index (χ3n) is 2.92. The predicted octanol–water partition coefficient (Wildman–Crippen LogP) is 4.20. The van der Waals surface area contributed by atoms with Crippen molar-refractivity contribution in [2.45, 2.75) is 20.3 Å². The maximum atomic E-state index is 4.17. The highest BCUT2D eigenvalue weighted by molar-refractivity contribution is 5.80. The van der Waals surface area contributed by atoms with Gasteiger partial charge in [0.1, 0.15) is 0 Å². The minimum Gasteiger partial charge on any atom is -0.264 e. The van der Waals surface area contributed by atoms with Crippen LogP contribution >= 0.6 is 0 Å². The number of pyridine rings is 1. The van der Waals surface area contributed by atoms with Crippen LogP contribution in [0, 0.1) is 0 Å². The molecule has 0 amide bonds. The number of rotatable bonds is 3. The topological polar surface area (TPSA) is 12.9 Å². The third kappa shape index (κ3) is 2.82. The first-order valence-electron chi connectivity index (χ1n) is 5.98. The van der Waals surface area contributed by atoms with Crippen LogP contribution in [0.4, 0.5) is 0 Å². The second-order valence-electron chi connectivity index (χ2n) is 4.12. The molecule has 1 aromatic carbocycles. The molecule has 0 atom stereocenters. The van der Waals surface area contributed by atoms with Crippen LogP contribution in [0.1, 0.15) is 30.5 Å². The summed E-state index contributed by atoms with van der Waals surface area (Å²) in [4.78, 5) is 4.17. The first-order chi connectivity index (χ1) is 8.31. The van der Waals surface area contributed by atoms with Gasteiger partial charge >= 0.3 is 0 Å². The molecule has 0 saturated carbocycles. The average molecular weight is 223 g/mol. The second-order valence-corrected chi connectivity index (χ2v) is 4.12. The molecule has 0 N–H and O–H groups in total. The number of nitrogens with zero attached hydrogens (tertiary/aromatic N) is 1. The molecule has 0 fully saturated rings. The van der Waals surface area contributed by atoms with Crippen LogP contribution in [0.3, 0.4) is 0 Å². The smallest absolute Gasteiger partial charge is 0.0305 e. The monoisotopic (exact) mass is 223 g/mol. The Morgan fingerprint density at radius 3 is 2.65 bits per heavy atom. The quantitative estimate of drug-likeness (QED) is 0.759. The molecule has 0 bridgehead atoms. The summed E-state index contributed by atoms with van der Waals surface area (Å²) in [6.07, 6.45) is 7.05. The molecular weight excluding hydrogens is 206 g/mol. The van der Waals surface area contributed by atoms with Gasteiger partial charge in [-0.2, -0.15) is 0 Å². The largest absolute Gasteiger partial charge is 0.264 e. The van der Waals surface area contributed by atoms with Crippen molar-refractivity contribution in [3.05, 3.63) is 65.5 Å². The zero-order chi connectivity index (χ0) is 12.1. The lowest BCUT2D eigenvalue weighted by Crippen LogP contribution is -1.88. The van der Waals surface area contributed by atoms with Crippen LogP contribution < -0.4 is 0 Å². The van der Waals surface area contributed by atoms with Crippen LogP contribution in [0.5, 0.6) is 0 Å². The zero-order valence-corrected chi connectivity index (χ0v) is 10.4. The summed E-state index contributed by atoms with van der Waals surface area (Å²) in [5.74, 6) is 0. The molecule has 1 nitrogen and oxygen atoms in total. The van der Waals surface area contributed by atoms with Gasteiger partial charge in [0.15, 0.2) is 0 Å². The maximum absolute atomic E-state index is 4.17. The Kier molecular flexibility index (Phi) is 3.71. The minimum atomic E-state index is 1.02. The van der Waals surface area contributed by atoms with Gasteiger partial charge in [0, 0.05) is 12.4 Å². The Hall–Kier alpha value is -1.89. The summed E-state index contributed by atoms with van der Waals surface area (Å²) in [6, 6.07) is 12.5. The fourth-order valence-corrected chi connectivity index (χ4v) is 1.89. The second kappa shape index (κ2) is 5.44. The van der Waals surface area contributed by atoms with Crippen molar-refractivity contribution in [1.82, 2.24) is 4.98 Å². The molecule has 0 aliphatic rings. The molecule has 86 valence electrons. The number of hydrogen-bond donors (Lipinski definition) is 0. The lowest BCUT2D eigenvalue weighted by atomic mass is 10.0. The van der Waals surface area contributed by atoms with Gasteiger partial charge in [0.2, 0.25) is 0 Å². The molecule has 1 heterocycles. The van der Waals surface area contributed by atoms with E-state index in [2.05, 4.69) is 55.2 Å². The van der Waals surface area contributed by atoms with E-state index in [0.717, 1.165) is 6.42 Å². The first-order valence-corrected chi connectivity index (χ1v) is 5.98. The Balaban J connectivity index is 2.36. The fourth-order valence-electron chi connectivity index (χ4n) is 1.89. The van der Waals surface area contributed by atoms with E-state index in [0.29, 0.717) is 0 Å². The van der Waals surface area contributed by atoms with Crippen molar-refractivity contribution >= 4 is 11.6 Å². The van der Waals surface area contributed by atoms with E-state index in [1.54, 1.807) is 0 Å². The van der Waals surface area contributed by atoms with Crippen LogP contribution in [-0.4, -0.2) is 4.98 Å². The number of allylic oxidation sites excluding steroid dienone is 1. The average Bonchev–Trinajstić information content (AvgIpc) is 2.40. The van der Waals surface area contributed by atoms with Gasteiger partial charge in [-0.15, -0.1) is 0 Å². The molecular formula is C16H17N. The maximum Gasteiger partial charge on any atom is 0.0305 e. The number of benzene rings is 1. The summed E-state index contributed by atoms with van der Waals surface area (Å²) in [6.45, 7) is 4.31. The number of hydrogen-bond acceptors (Lipinski definition) is 1. The molecule has 0 unspecified atom stereocenters. The molecule has 2 rings (SSSR count). The Labute approximate surface area is 103 Å². The Morgan fingerprint density at radius 2 is 1.94 bits per heavy atom. The van der Waals surface area contributed by atoms with Crippen LogP contribution in [0.25, 0.3) is 11.6 Å². The SMILES string of the molecule is CCc1cnccc1/C=C(\C)c1ccccc1.